The number of hydrogen-bond donors (Lipinski definition) is 2. The zero-order chi connectivity index (χ0) is 24.1. The number of hydrogen-bond acceptors (Lipinski definition) is 4. The molecule has 1 aromatic heterocycles. The molecule has 7 nitrogen and oxygen atoms in total. The number of H-pyrrole nitrogens is 1. The molecule has 0 aliphatic heterocycles. The molecule has 7 heteroatoms. The predicted octanol–water partition coefficient (Wildman–Crippen LogP) is 3.43. The van der Waals surface area contributed by atoms with Crippen LogP contribution in [0.4, 0.5) is 11.5 Å². The SMILES string of the molecule is CCN(C(=O)Cc1ccc(-c2ccccc2)cc1)c1c(N)n(Cc2ccccc2)c(=O)[nH]c1=O. The number of aromatic amines is 1. The molecule has 0 aliphatic carbocycles. The van der Waals surface area contributed by atoms with Crippen LogP contribution in [0.25, 0.3) is 11.1 Å². The first-order valence-electron chi connectivity index (χ1n) is 11.1. The Morgan fingerprint density at radius 2 is 1.44 bits per heavy atom. The van der Waals surface area contributed by atoms with E-state index in [1.165, 1.54) is 9.47 Å². The van der Waals surface area contributed by atoms with Crippen molar-refractivity contribution in [2.24, 2.45) is 0 Å². The molecular weight excluding hydrogens is 428 g/mol. The number of nitrogen functional groups attached to an aromatic ring is 1. The Balaban J connectivity index is 1.60. The van der Waals surface area contributed by atoms with Crippen molar-refractivity contribution in [1.29, 1.82) is 0 Å². The highest BCUT2D eigenvalue weighted by molar-refractivity contribution is 5.96. The van der Waals surface area contributed by atoms with Gasteiger partial charge in [-0.1, -0.05) is 84.9 Å². The number of nitrogens with zero attached hydrogens (tertiary/aromatic N) is 2. The molecule has 3 aromatic carbocycles. The third kappa shape index (κ3) is 4.83. The Morgan fingerprint density at radius 1 is 0.853 bits per heavy atom. The topological polar surface area (TPSA) is 101 Å². The van der Waals surface area contributed by atoms with Crippen molar-refractivity contribution in [3.05, 3.63) is 117 Å². The van der Waals surface area contributed by atoms with Crippen LogP contribution in [0.2, 0.25) is 0 Å². The molecule has 0 fully saturated rings. The number of likely N-dealkylation sites (N-methyl/N-ethyl adjacent to an activating group) is 1. The number of aromatic nitrogens is 2. The van der Waals surface area contributed by atoms with Gasteiger partial charge in [0.2, 0.25) is 5.91 Å². The zero-order valence-corrected chi connectivity index (χ0v) is 18.9. The summed E-state index contributed by atoms with van der Waals surface area (Å²) in [4.78, 5) is 42.0. The summed E-state index contributed by atoms with van der Waals surface area (Å²) < 4.78 is 1.27. The Bertz CT molecular complexity index is 1390. The minimum absolute atomic E-state index is 0.0102. The van der Waals surface area contributed by atoms with E-state index in [1.54, 1.807) is 6.92 Å². The van der Waals surface area contributed by atoms with Gasteiger partial charge in [-0.2, -0.15) is 0 Å². The number of carbonyl (C=O) groups excluding carboxylic acids is 1. The van der Waals surface area contributed by atoms with Crippen molar-refractivity contribution in [3.8, 4) is 11.1 Å². The maximum atomic E-state index is 13.2. The summed E-state index contributed by atoms with van der Waals surface area (Å²) in [6, 6.07) is 27.0. The first-order valence-corrected chi connectivity index (χ1v) is 11.1. The van der Waals surface area contributed by atoms with E-state index in [2.05, 4.69) is 4.98 Å². The lowest BCUT2D eigenvalue weighted by atomic mass is 10.0. The molecule has 0 unspecified atom stereocenters. The van der Waals surface area contributed by atoms with Crippen molar-refractivity contribution in [3.63, 3.8) is 0 Å². The van der Waals surface area contributed by atoms with Crippen LogP contribution in [0.1, 0.15) is 18.1 Å². The normalized spacial score (nSPS) is 10.7. The van der Waals surface area contributed by atoms with Crippen LogP contribution in [0.15, 0.2) is 94.5 Å². The van der Waals surface area contributed by atoms with Crippen molar-refractivity contribution < 1.29 is 4.79 Å². The fraction of sp³-hybridized carbons (Fsp3) is 0.148. The zero-order valence-electron chi connectivity index (χ0n) is 18.9. The molecule has 4 rings (SSSR count). The van der Waals surface area contributed by atoms with Gasteiger partial charge in [-0.05, 0) is 29.2 Å². The molecular formula is C27H26N4O3. The van der Waals surface area contributed by atoms with Gasteiger partial charge in [-0.3, -0.25) is 19.1 Å². The Hall–Kier alpha value is -4.39. The predicted molar refractivity (Wildman–Crippen MR) is 135 cm³/mol. The molecule has 0 aliphatic rings. The Kier molecular flexibility index (Phi) is 6.73. The van der Waals surface area contributed by atoms with E-state index in [1.807, 2.05) is 84.9 Å². The molecule has 0 atom stereocenters. The number of amides is 1. The standard InChI is InChI=1S/C27H26N4O3/c1-2-30(23(32)17-19-13-15-22(16-14-19)21-11-7-4-8-12-21)24-25(28)31(27(34)29-26(24)33)18-20-9-5-3-6-10-20/h3-16H,2,17-18,28H2,1H3,(H,29,33,34). The van der Waals surface area contributed by atoms with E-state index in [0.29, 0.717) is 0 Å². The summed E-state index contributed by atoms with van der Waals surface area (Å²) in [7, 11) is 0. The van der Waals surface area contributed by atoms with Gasteiger partial charge < -0.3 is 10.6 Å². The number of benzene rings is 3. The molecule has 1 heterocycles. The Labute approximate surface area is 197 Å². The van der Waals surface area contributed by atoms with E-state index in [9.17, 15) is 14.4 Å². The lowest BCUT2D eigenvalue weighted by molar-refractivity contribution is -0.117. The summed E-state index contributed by atoms with van der Waals surface area (Å²) in [5.41, 5.74) is 8.78. The largest absolute Gasteiger partial charge is 0.383 e. The number of nitrogens with two attached hydrogens (primary N) is 1. The first-order chi connectivity index (χ1) is 16.5. The fourth-order valence-electron chi connectivity index (χ4n) is 3.94. The van der Waals surface area contributed by atoms with Crippen molar-refractivity contribution >= 4 is 17.4 Å². The van der Waals surface area contributed by atoms with Crippen LogP contribution >= 0.6 is 0 Å². The van der Waals surface area contributed by atoms with E-state index < -0.39 is 11.2 Å². The third-order valence-electron chi connectivity index (χ3n) is 5.70. The van der Waals surface area contributed by atoms with Crippen molar-refractivity contribution in [2.75, 3.05) is 17.2 Å². The minimum Gasteiger partial charge on any atom is -0.383 e. The average Bonchev–Trinajstić information content (AvgIpc) is 2.86. The van der Waals surface area contributed by atoms with Gasteiger partial charge in [-0.25, -0.2) is 4.79 Å². The highest BCUT2D eigenvalue weighted by Crippen LogP contribution is 2.21. The summed E-state index contributed by atoms with van der Waals surface area (Å²) >= 11 is 0. The highest BCUT2D eigenvalue weighted by Gasteiger charge is 2.23. The Morgan fingerprint density at radius 3 is 2.06 bits per heavy atom. The molecule has 3 N–H and O–H groups in total. The molecule has 34 heavy (non-hydrogen) atoms. The van der Waals surface area contributed by atoms with E-state index >= 15 is 0 Å². The lowest BCUT2D eigenvalue weighted by Crippen LogP contribution is -2.41. The number of carbonyl (C=O) groups is 1. The average molecular weight is 455 g/mol. The molecule has 0 radical (unpaired) electrons. The number of rotatable bonds is 7. The quantitative estimate of drug-likeness (QED) is 0.447. The molecule has 0 saturated heterocycles. The van der Waals surface area contributed by atoms with Gasteiger partial charge >= 0.3 is 5.69 Å². The van der Waals surface area contributed by atoms with Crippen molar-refractivity contribution in [1.82, 2.24) is 9.55 Å². The van der Waals surface area contributed by atoms with E-state index in [0.717, 1.165) is 22.3 Å². The molecule has 4 aromatic rings. The van der Waals surface area contributed by atoms with Crippen LogP contribution in [-0.2, 0) is 17.8 Å². The summed E-state index contributed by atoms with van der Waals surface area (Å²) in [6.45, 7) is 2.18. The number of nitrogens with one attached hydrogen (secondary N) is 1. The van der Waals surface area contributed by atoms with Gasteiger partial charge in [0.25, 0.3) is 5.56 Å². The van der Waals surface area contributed by atoms with E-state index in [-0.39, 0.29) is 36.9 Å². The van der Waals surface area contributed by atoms with Gasteiger partial charge in [0, 0.05) is 6.54 Å². The minimum atomic E-state index is -0.679. The van der Waals surface area contributed by atoms with Gasteiger partial charge in [0.15, 0.2) is 5.69 Å². The fourth-order valence-corrected chi connectivity index (χ4v) is 3.94. The summed E-state index contributed by atoms with van der Waals surface area (Å²) in [5.74, 6) is -0.315. The van der Waals surface area contributed by atoms with Gasteiger partial charge in [0.05, 0.1) is 13.0 Å². The van der Waals surface area contributed by atoms with Gasteiger partial charge in [-0.15, -0.1) is 0 Å². The van der Waals surface area contributed by atoms with Crippen LogP contribution in [0.5, 0.6) is 0 Å². The van der Waals surface area contributed by atoms with E-state index in [4.69, 9.17) is 5.73 Å². The second-order valence-electron chi connectivity index (χ2n) is 7.94. The second-order valence-corrected chi connectivity index (χ2v) is 7.94. The van der Waals surface area contributed by atoms with Gasteiger partial charge in [0.1, 0.15) is 5.82 Å². The maximum Gasteiger partial charge on any atom is 0.330 e. The summed E-state index contributed by atoms with van der Waals surface area (Å²) in [5, 5.41) is 0. The highest BCUT2D eigenvalue weighted by atomic mass is 16.2. The monoisotopic (exact) mass is 454 g/mol. The molecule has 172 valence electrons. The maximum absolute atomic E-state index is 13.2. The smallest absolute Gasteiger partial charge is 0.330 e. The van der Waals surface area contributed by atoms with Crippen molar-refractivity contribution in [2.45, 2.75) is 19.9 Å². The van der Waals surface area contributed by atoms with Crippen LogP contribution in [-0.4, -0.2) is 22.0 Å². The van der Waals surface area contributed by atoms with Crippen LogP contribution in [0, 0.1) is 0 Å². The third-order valence-corrected chi connectivity index (χ3v) is 5.70. The lowest BCUT2D eigenvalue weighted by Gasteiger charge is -2.23. The molecule has 0 spiro atoms. The van der Waals surface area contributed by atoms with Crippen LogP contribution in [0.3, 0.4) is 0 Å². The van der Waals surface area contributed by atoms with Crippen LogP contribution < -0.4 is 21.9 Å². The number of anilines is 2. The summed E-state index contributed by atoms with van der Waals surface area (Å²) in [6.07, 6.45) is 0.0968. The molecule has 0 bridgehead atoms. The first kappa shape index (κ1) is 22.8. The molecule has 1 amide bonds. The molecule has 0 saturated carbocycles. The second kappa shape index (κ2) is 10.0.